The van der Waals surface area contributed by atoms with Crippen LogP contribution in [0.2, 0.25) is 0 Å². The van der Waals surface area contributed by atoms with Crippen LogP contribution in [0.3, 0.4) is 0 Å². The number of carbonyl (C=O) groups is 1. The maximum atomic E-state index is 12.0. The highest BCUT2D eigenvalue weighted by molar-refractivity contribution is 9.10. The van der Waals surface area contributed by atoms with E-state index in [-0.39, 0.29) is 5.91 Å². The fraction of sp³-hybridized carbons (Fsp3) is 0.538. The number of carbonyl (C=O) groups excluding carboxylic acids is 1. The van der Waals surface area contributed by atoms with Crippen molar-refractivity contribution in [3.63, 3.8) is 0 Å². The number of nitrogen functional groups attached to an aromatic ring is 1. The van der Waals surface area contributed by atoms with Crippen LogP contribution in [0.25, 0.3) is 0 Å². The Morgan fingerprint density at radius 2 is 2.25 bits per heavy atom. The van der Waals surface area contributed by atoms with E-state index in [2.05, 4.69) is 45.5 Å². The monoisotopic (exact) mass is 344 g/mol. The molecule has 0 aliphatic carbocycles. The van der Waals surface area contributed by atoms with Gasteiger partial charge in [0.1, 0.15) is 0 Å². The second-order valence-electron chi connectivity index (χ2n) is 4.74. The summed E-state index contributed by atoms with van der Waals surface area (Å²) in [6, 6.07) is 1.66. The van der Waals surface area contributed by atoms with Gasteiger partial charge in [-0.1, -0.05) is 13.8 Å². The van der Waals surface area contributed by atoms with Gasteiger partial charge in [0.15, 0.2) is 5.82 Å². The van der Waals surface area contributed by atoms with E-state index in [1.807, 2.05) is 0 Å². The minimum atomic E-state index is -0.237. The van der Waals surface area contributed by atoms with Crippen LogP contribution in [0, 0.1) is 5.92 Å². The summed E-state index contributed by atoms with van der Waals surface area (Å²) in [5.41, 5.74) is 2.80. The molecule has 0 atom stereocenters. The van der Waals surface area contributed by atoms with Crippen molar-refractivity contribution in [2.75, 3.05) is 25.2 Å². The summed E-state index contributed by atoms with van der Waals surface area (Å²) in [5, 5.41) is 2.77. The number of pyridine rings is 1. The zero-order valence-corrected chi connectivity index (χ0v) is 13.4. The lowest BCUT2D eigenvalue weighted by atomic mass is 10.1. The number of nitrogens with one attached hydrogen (secondary N) is 2. The number of anilines is 1. The molecule has 0 aromatic carbocycles. The van der Waals surface area contributed by atoms with Gasteiger partial charge in [-0.05, 0) is 34.3 Å². The van der Waals surface area contributed by atoms with Gasteiger partial charge < -0.3 is 15.5 Å². The number of hydrogen-bond donors (Lipinski definition) is 3. The lowest BCUT2D eigenvalue weighted by Crippen LogP contribution is -2.29. The summed E-state index contributed by atoms with van der Waals surface area (Å²) in [5.74, 6) is 6.05. The summed E-state index contributed by atoms with van der Waals surface area (Å²) in [7, 11) is 0. The van der Waals surface area contributed by atoms with Crippen molar-refractivity contribution in [2.45, 2.75) is 20.3 Å². The molecule has 0 spiro atoms. The van der Waals surface area contributed by atoms with Gasteiger partial charge in [0, 0.05) is 23.8 Å². The quantitative estimate of drug-likeness (QED) is 0.381. The Bertz CT molecular complexity index is 440. The van der Waals surface area contributed by atoms with Gasteiger partial charge in [0.2, 0.25) is 0 Å². The summed E-state index contributed by atoms with van der Waals surface area (Å²) in [6.45, 7) is 5.94. The molecule has 20 heavy (non-hydrogen) atoms. The minimum absolute atomic E-state index is 0.237. The number of hydrogen-bond acceptors (Lipinski definition) is 5. The Balaban J connectivity index is 2.37. The number of nitrogens with zero attached hydrogens (tertiary/aromatic N) is 1. The van der Waals surface area contributed by atoms with Gasteiger partial charge in [0.25, 0.3) is 5.91 Å². The number of rotatable bonds is 8. The van der Waals surface area contributed by atoms with Gasteiger partial charge in [-0.3, -0.25) is 4.79 Å². The third-order valence-electron chi connectivity index (χ3n) is 2.61. The highest BCUT2D eigenvalue weighted by Gasteiger charge is 2.12. The molecule has 7 heteroatoms. The molecule has 1 rings (SSSR count). The smallest absolute Gasteiger partial charge is 0.255 e. The maximum Gasteiger partial charge on any atom is 0.255 e. The summed E-state index contributed by atoms with van der Waals surface area (Å²) >= 11 is 3.27. The SMILES string of the molecule is CC(C)CCOCCNC(=O)c1cc(Br)cnc1NN. The molecule has 1 aromatic heterocycles. The Morgan fingerprint density at radius 1 is 1.50 bits per heavy atom. The first-order valence-corrected chi connectivity index (χ1v) is 7.32. The molecular weight excluding hydrogens is 324 g/mol. The molecule has 0 unspecified atom stereocenters. The molecule has 1 amide bonds. The van der Waals surface area contributed by atoms with Crippen LogP contribution in [0.4, 0.5) is 5.82 Å². The molecule has 0 saturated carbocycles. The third kappa shape index (κ3) is 5.85. The molecular formula is C13H21BrN4O2. The molecule has 112 valence electrons. The molecule has 0 fully saturated rings. The maximum absolute atomic E-state index is 12.0. The zero-order valence-electron chi connectivity index (χ0n) is 11.8. The van der Waals surface area contributed by atoms with Crippen LogP contribution < -0.4 is 16.6 Å². The van der Waals surface area contributed by atoms with Crippen molar-refractivity contribution in [2.24, 2.45) is 11.8 Å². The van der Waals surface area contributed by atoms with E-state index in [0.717, 1.165) is 10.9 Å². The first-order chi connectivity index (χ1) is 9.54. The largest absolute Gasteiger partial charge is 0.380 e. The molecule has 0 bridgehead atoms. The van der Waals surface area contributed by atoms with Crippen LogP contribution in [0.1, 0.15) is 30.6 Å². The lowest BCUT2D eigenvalue weighted by molar-refractivity contribution is 0.0906. The van der Waals surface area contributed by atoms with Gasteiger partial charge in [-0.15, -0.1) is 0 Å². The van der Waals surface area contributed by atoms with Crippen molar-refractivity contribution in [1.29, 1.82) is 0 Å². The van der Waals surface area contributed by atoms with E-state index in [9.17, 15) is 4.79 Å². The van der Waals surface area contributed by atoms with E-state index in [0.29, 0.717) is 37.1 Å². The first-order valence-electron chi connectivity index (χ1n) is 6.52. The van der Waals surface area contributed by atoms with E-state index in [4.69, 9.17) is 10.6 Å². The summed E-state index contributed by atoms with van der Waals surface area (Å²) < 4.78 is 6.15. The van der Waals surface area contributed by atoms with Crippen molar-refractivity contribution in [3.8, 4) is 0 Å². The highest BCUT2D eigenvalue weighted by Crippen LogP contribution is 2.16. The Morgan fingerprint density at radius 3 is 2.90 bits per heavy atom. The van der Waals surface area contributed by atoms with E-state index in [1.54, 1.807) is 12.3 Å². The van der Waals surface area contributed by atoms with Crippen molar-refractivity contribution >= 4 is 27.7 Å². The zero-order chi connectivity index (χ0) is 15.0. The molecule has 0 saturated heterocycles. The Kier molecular flexibility index (Phi) is 7.50. The fourth-order valence-electron chi connectivity index (χ4n) is 1.48. The fourth-order valence-corrected chi connectivity index (χ4v) is 1.81. The predicted octanol–water partition coefficient (Wildman–Crippen LogP) is 1.92. The van der Waals surface area contributed by atoms with Gasteiger partial charge >= 0.3 is 0 Å². The first kappa shape index (κ1) is 16.9. The predicted molar refractivity (Wildman–Crippen MR) is 82.4 cm³/mol. The molecule has 1 aromatic rings. The number of nitrogens with two attached hydrogens (primary N) is 1. The molecule has 0 aliphatic rings. The van der Waals surface area contributed by atoms with Crippen LogP contribution >= 0.6 is 15.9 Å². The molecule has 4 N–H and O–H groups in total. The standard InChI is InChI=1S/C13H21BrN4O2/c1-9(2)3-5-20-6-4-16-13(19)11-7-10(14)8-17-12(11)18-15/h7-9H,3-6,15H2,1-2H3,(H,16,19)(H,17,18). The van der Waals surface area contributed by atoms with Gasteiger partial charge in [-0.25, -0.2) is 10.8 Å². The van der Waals surface area contributed by atoms with Crippen molar-refractivity contribution in [1.82, 2.24) is 10.3 Å². The Labute approximate surface area is 127 Å². The van der Waals surface area contributed by atoms with Gasteiger partial charge in [-0.2, -0.15) is 0 Å². The third-order valence-corrected chi connectivity index (χ3v) is 3.04. The lowest BCUT2D eigenvalue weighted by Gasteiger charge is -2.10. The normalized spacial score (nSPS) is 10.7. The average molecular weight is 345 g/mol. The molecule has 1 heterocycles. The average Bonchev–Trinajstić information content (AvgIpc) is 2.42. The van der Waals surface area contributed by atoms with Crippen molar-refractivity contribution < 1.29 is 9.53 Å². The van der Waals surface area contributed by atoms with Crippen LogP contribution in [0.15, 0.2) is 16.7 Å². The number of aromatic nitrogens is 1. The Hall–Kier alpha value is -1.18. The number of hydrazine groups is 1. The highest BCUT2D eigenvalue weighted by atomic mass is 79.9. The van der Waals surface area contributed by atoms with Crippen LogP contribution in [0.5, 0.6) is 0 Å². The van der Waals surface area contributed by atoms with Crippen LogP contribution in [-0.2, 0) is 4.74 Å². The second-order valence-corrected chi connectivity index (χ2v) is 5.66. The minimum Gasteiger partial charge on any atom is -0.380 e. The molecule has 0 radical (unpaired) electrons. The van der Waals surface area contributed by atoms with E-state index < -0.39 is 0 Å². The number of ether oxygens (including phenoxy) is 1. The topological polar surface area (TPSA) is 89.3 Å². The van der Waals surface area contributed by atoms with Crippen molar-refractivity contribution in [3.05, 3.63) is 22.3 Å². The molecule has 6 nitrogen and oxygen atoms in total. The number of halogens is 1. The van der Waals surface area contributed by atoms with Gasteiger partial charge in [0.05, 0.1) is 12.2 Å². The van der Waals surface area contributed by atoms with E-state index in [1.165, 1.54) is 0 Å². The number of amides is 1. The summed E-state index contributed by atoms with van der Waals surface area (Å²) in [4.78, 5) is 16.0. The summed E-state index contributed by atoms with van der Waals surface area (Å²) in [6.07, 6.45) is 2.59. The van der Waals surface area contributed by atoms with Crippen LogP contribution in [-0.4, -0.2) is 30.6 Å². The second kappa shape index (κ2) is 8.89. The molecule has 0 aliphatic heterocycles. The van der Waals surface area contributed by atoms with E-state index >= 15 is 0 Å².